The van der Waals surface area contributed by atoms with Crippen molar-refractivity contribution >= 4 is 58.2 Å². The van der Waals surface area contributed by atoms with E-state index >= 15 is 0 Å². The largest absolute Gasteiger partial charge is 0.507 e. The Balaban J connectivity index is 0.000000150. The molecule has 14 heteroatoms. The number of carbonyl (C=O) groups excluding carboxylic acids is 2. The number of piperazine rings is 1. The van der Waals surface area contributed by atoms with E-state index in [-0.39, 0.29) is 40.4 Å². The average molecular weight is 1040 g/mol. The summed E-state index contributed by atoms with van der Waals surface area (Å²) in [6, 6.07) is 54.4. The van der Waals surface area contributed by atoms with E-state index in [1.807, 2.05) is 78.5 Å². The molecule has 1 fully saturated rings. The number of hydrogen-bond acceptors (Lipinski definition) is 11. The highest BCUT2D eigenvalue weighted by atomic mass is 35.5. The fourth-order valence-corrected chi connectivity index (χ4v) is 10.2. The number of nitrogens with zero attached hydrogens (tertiary/aromatic N) is 3. The molecule has 0 aromatic heterocycles. The van der Waals surface area contributed by atoms with Crippen molar-refractivity contribution in [1.82, 2.24) is 9.80 Å². The summed E-state index contributed by atoms with van der Waals surface area (Å²) in [6.45, 7) is 7.45. The number of carboxylic acid groups (broad SMARTS) is 2. The molecule has 380 valence electrons. The van der Waals surface area contributed by atoms with Gasteiger partial charge in [0.1, 0.15) is 11.5 Å². The first-order valence-electron chi connectivity index (χ1n) is 24.3. The van der Waals surface area contributed by atoms with Crippen molar-refractivity contribution in [2.75, 3.05) is 57.3 Å². The van der Waals surface area contributed by atoms with Gasteiger partial charge in [0, 0.05) is 87.5 Å². The molecule has 0 amide bonds. The van der Waals surface area contributed by atoms with Crippen LogP contribution in [0.3, 0.4) is 0 Å². The molecule has 8 aromatic carbocycles. The van der Waals surface area contributed by atoms with Crippen LogP contribution >= 0.6 is 23.4 Å². The van der Waals surface area contributed by atoms with Gasteiger partial charge in [-0.25, -0.2) is 9.59 Å². The van der Waals surface area contributed by atoms with Crippen molar-refractivity contribution in [2.24, 2.45) is 0 Å². The zero-order valence-electron chi connectivity index (χ0n) is 40.8. The van der Waals surface area contributed by atoms with Crippen LogP contribution < -0.4 is 4.90 Å². The lowest BCUT2D eigenvalue weighted by molar-refractivity contribution is 0.0683. The minimum atomic E-state index is -1.15. The van der Waals surface area contributed by atoms with Gasteiger partial charge in [0.05, 0.1) is 29.1 Å². The van der Waals surface area contributed by atoms with Gasteiger partial charge in [-0.1, -0.05) is 133 Å². The van der Waals surface area contributed by atoms with E-state index in [0.717, 1.165) is 68.4 Å². The zero-order valence-corrected chi connectivity index (χ0v) is 42.3. The number of anilines is 2. The third-order valence-corrected chi connectivity index (χ3v) is 14.2. The van der Waals surface area contributed by atoms with Crippen LogP contribution in [0.5, 0.6) is 11.5 Å². The Hall–Kier alpha value is -8.04. The van der Waals surface area contributed by atoms with E-state index in [1.165, 1.54) is 69.7 Å². The number of β-amino-alcohol motifs (C(OH)–C–C–N with tert-alkyl or cyclic N) is 1. The van der Waals surface area contributed by atoms with Crippen molar-refractivity contribution < 1.29 is 44.7 Å². The Morgan fingerprint density at radius 3 is 1.40 bits per heavy atom. The fourth-order valence-electron chi connectivity index (χ4n) is 8.97. The number of phenolic OH excluding ortho intramolecular Hbond substituents is 2. The van der Waals surface area contributed by atoms with Gasteiger partial charge in [-0.2, -0.15) is 0 Å². The molecule has 10 rings (SSSR count). The van der Waals surface area contributed by atoms with E-state index < -0.39 is 23.5 Å². The number of para-hydroxylation sites is 1. The Morgan fingerprint density at radius 1 is 0.467 bits per heavy atom. The summed E-state index contributed by atoms with van der Waals surface area (Å²) in [4.78, 5) is 57.9. The number of ketones is 2. The minimum absolute atomic E-state index is 0.0446. The second kappa shape index (κ2) is 25.3. The number of halogens is 1. The third-order valence-electron chi connectivity index (χ3n) is 12.8. The van der Waals surface area contributed by atoms with Crippen LogP contribution in [0.2, 0.25) is 5.02 Å². The topological polar surface area (TPSA) is 179 Å². The first-order chi connectivity index (χ1) is 36.4. The molecule has 0 spiro atoms. The SMILES string of the molecule is O=C(O)c1ccccc1C(=O)c1ccc(O)c(-c2ccccc2)c1.O=C(O)c1ccccc1C(=O)c1ccc(O)c(-c2ccccc2)c1.OCCN1CCN(CCCN2c3ccccc3Sc3ccc(Cl)cc32)CC1. The number of benzene rings is 8. The summed E-state index contributed by atoms with van der Waals surface area (Å²) in [5.74, 6) is -2.98. The van der Waals surface area contributed by atoms with Crippen molar-refractivity contribution in [1.29, 1.82) is 0 Å². The van der Waals surface area contributed by atoms with Crippen molar-refractivity contribution in [3.63, 3.8) is 0 Å². The maximum absolute atomic E-state index is 12.7. The summed E-state index contributed by atoms with van der Waals surface area (Å²) < 4.78 is 0. The lowest BCUT2D eigenvalue weighted by atomic mass is 9.95. The quantitative estimate of drug-likeness (QED) is 0.0650. The fraction of sp³-hybridized carbons (Fsp3) is 0.148. The van der Waals surface area contributed by atoms with Crippen molar-refractivity contribution in [3.8, 4) is 33.8 Å². The van der Waals surface area contributed by atoms with Gasteiger partial charge in [0.25, 0.3) is 0 Å². The van der Waals surface area contributed by atoms with Gasteiger partial charge in [-0.3, -0.25) is 14.5 Å². The van der Waals surface area contributed by atoms with Crippen LogP contribution in [-0.2, 0) is 0 Å². The van der Waals surface area contributed by atoms with Crippen molar-refractivity contribution in [2.45, 2.75) is 16.2 Å². The lowest BCUT2D eigenvalue weighted by Crippen LogP contribution is -2.47. The highest BCUT2D eigenvalue weighted by Crippen LogP contribution is 2.48. The number of rotatable bonds is 14. The summed E-state index contributed by atoms with van der Waals surface area (Å²) in [7, 11) is 0. The summed E-state index contributed by atoms with van der Waals surface area (Å²) >= 11 is 8.12. The molecule has 0 bridgehead atoms. The van der Waals surface area contributed by atoms with E-state index in [9.17, 15) is 39.6 Å². The predicted octanol–water partition coefficient (Wildman–Crippen LogP) is 11.9. The van der Waals surface area contributed by atoms with Crippen LogP contribution in [0.1, 0.15) is 59.0 Å². The number of fused-ring (bicyclic) bond motifs is 2. The third kappa shape index (κ3) is 13.2. The Kier molecular flexibility index (Phi) is 17.9. The standard InChI is InChI=1S/C21H26ClN3OS.2C20H14O4/c22-17-6-7-21-19(16-17)25(18-4-1-2-5-20(18)27-21)9-3-8-23-10-12-24(13-11-23)14-15-26;2*21-18-11-10-14(12-17(18)13-6-2-1-3-7-13)19(22)15-8-4-5-9-16(15)20(23)24/h1-2,4-7,16,26H,3,8-15H2;2*1-12,21H,(H,23,24). The number of phenols is 2. The number of carboxylic acids is 2. The first kappa shape index (κ1) is 53.3. The van der Waals surface area contributed by atoms with Crippen LogP contribution in [-0.4, -0.2) is 111 Å². The number of aromatic hydroxyl groups is 2. The smallest absolute Gasteiger partial charge is 0.336 e. The molecule has 0 saturated carbocycles. The molecule has 5 N–H and O–H groups in total. The second-order valence-electron chi connectivity index (χ2n) is 17.6. The number of hydrogen-bond donors (Lipinski definition) is 5. The van der Waals surface area contributed by atoms with Crippen molar-refractivity contribution in [3.05, 3.63) is 226 Å². The van der Waals surface area contributed by atoms with Crippen LogP contribution in [0.25, 0.3) is 22.3 Å². The van der Waals surface area contributed by atoms with Crippen LogP contribution in [0, 0.1) is 0 Å². The molecule has 0 atom stereocenters. The van der Waals surface area contributed by atoms with E-state index in [1.54, 1.807) is 36.4 Å². The molecule has 8 aromatic rings. The normalized spacial score (nSPS) is 13.0. The van der Waals surface area contributed by atoms with E-state index in [2.05, 4.69) is 51.1 Å². The van der Waals surface area contributed by atoms with Gasteiger partial charge >= 0.3 is 11.9 Å². The Morgan fingerprint density at radius 2 is 0.907 bits per heavy atom. The molecule has 0 radical (unpaired) electrons. The van der Waals surface area contributed by atoms with Gasteiger partial charge in [0.15, 0.2) is 11.6 Å². The minimum Gasteiger partial charge on any atom is -0.507 e. The molecule has 12 nitrogen and oxygen atoms in total. The highest BCUT2D eigenvalue weighted by molar-refractivity contribution is 7.99. The van der Waals surface area contributed by atoms with Gasteiger partial charge in [-0.15, -0.1) is 0 Å². The zero-order chi connectivity index (χ0) is 52.8. The van der Waals surface area contributed by atoms with Gasteiger partial charge < -0.3 is 35.3 Å². The molecule has 2 aliphatic heterocycles. The first-order valence-corrected chi connectivity index (χ1v) is 25.5. The molecule has 0 unspecified atom stereocenters. The summed E-state index contributed by atoms with van der Waals surface area (Å²) in [5, 5.41) is 48.5. The Bertz CT molecular complexity index is 3160. The van der Waals surface area contributed by atoms with Gasteiger partial charge in [0.2, 0.25) is 0 Å². The number of aromatic carboxylic acids is 2. The molecular weight excluding hydrogens is 986 g/mol. The lowest BCUT2D eigenvalue weighted by Gasteiger charge is -2.36. The molecule has 2 aliphatic rings. The van der Waals surface area contributed by atoms with Crippen LogP contribution in [0.4, 0.5) is 11.4 Å². The predicted molar refractivity (Wildman–Crippen MR) is 294 cm³/mol. The van der Waals surface area contributed by atoms with Gasteiger partial charge in [-0.05, 0) is 103 Å². The average Bonchev–Trinajstić information content (AvgIpc) is 3.44. The Labute approximate surface area is 444 Å². The maximum atomic E-state index is 12.7. The molecule has 2 heterocycles. The van der Waals surface area contributed by atoms with E-state index in [0.29, 0.717) is 22.3 Å². The summed E-state index contributed by atoms with van der Waals surface area (Å²) in [5.41, 5.74) is 5.89. The number of carbonyl (C=O) groups is 4. The monoisotopic (exact) mass is 1040 g/mol. The molecule has 75 heavy (non-hydrogen) atoms. The van der Waals surface area contributed by atoms with Crippen LogP contribution in [0.15, 0.2) is 198 Å². The van der Waals surface area contributed by atoms with E-state index in [4.69, 9.17) is 16.7 Å². The highest BCUT2D eigenvalue weighted by Gasteiger charge is 2.25. The second-order valence-corrected chi connectivity index (χ2v) is 19.2. The number of aliphatic hydroxyl groups is 1. The molecule has 1 saturated heterocycles. The molecule has 0 aliphatic carbocycles. The number of aliphatic hydroxyl groups excluding tert-OH is 1. The summed E-state index contributed by atoms with van der Waals surface area (Å²) in [6.07, 6.45) is 1.12. The maximum Gasteiger partial charge on any atom is 0.336 e. The molecular formula is C61H54ClN3O9S.